The molecule has 25 heavy (non-hydrogen) atoms. The Labute approximate surface area is 155 Å². The quantitative estimate of drug-likeness (QED) is 0.476. The number of ether oxygens (including phenoxy) is 2. The maximum atomic E-state index is 8.30. The molecule has 2 aromatic carbocycles. The molecule has 0 aliphatic heterocycles. The molecule has 0 fully saturated rings. The fourth-order valence-corrected chi connectivity index (χ4v) is 2.08. The molecule has 0 saturated carbocycles. The second-order valence-electron chi connectivity index (χ2n) is 5.77. The van der Waals surface area contributed by atoms with Crippen molar-refractivity contribution in [3.63, 3.8) is 0 Å². The van der Waals surface area contributed by atoms with Gasteiger partial charge < -0.3 is 14.0 Å². The Morgan fingerprint density at radius 1 is 0.880 bits per heavy atom. The predicted octanol–water partition coefficient (Wildman–Crippen LogP) is 5.42. The van der Waals surface area contributed by atoms with Crippen LogP contribution in [0.4, 0.5) is 0 Å². The summed E-state index contributed by atoms with van der Waals surface area (Å²) in [4.78, 5) is 0. The molecule has 0 aliphatic carbocycles. The molecular weight excluding hydrogens is 336 g/mol. The largest absolute Gasteiger partial charge is 0.491 e. The van der Waals surface area contributed by atoms with Crippen molar-refractivity contribution < 1.29 is 18.2 Å². The smallest absolute Gasteiger partial charge is 0.155 e. The molecule has 4 nitrogen and oxygen atoms in total. The third kappa shape index (κ3) is 10.8. The SMILES string of the molecule is CC(C)c1ccccc1.CC(COc1ccccc1)OCCOSO. The highest BCUT2D eigenvalue weighted by molar-refractivity contribution is 7.88. The Morgan fingerprint density at radius 3 is 2.00 bits per heavy atom. The third-order valence-corrected chi connectivity index (χ3v) is 3.59. The molecule has 0 amide bonds. The van der Waals surface area contributed by atoms with Gasteiger partial charge in [0.1, 0.15) is 12.4 Å². The molecule has 0 heterocycles. The first-order valence-electron chi connectivity index (χ1n) is 8.41. The van der Waals surface area contributed by atoms with Crippen molar-refractivity contribution in [3.8, 4) is 5.75 Å². The maximum absolute atomic E-state index is 8.30. The van der Waals surface area contributed by atoms with E-state index in [0.29, 0.717) is 38.1 Å². The lowest BCUT2D eigenvalue weighted by molar-refractivity contribution is 0.0192. The van der Waals surface area contributed by atoms with Crippen molar-refractivity contribution in [2.24, 2.45) is 0 Å². The average molecular weight is 365 g/mol. The van der Waals surface area contributed by atoms with Crippen LogP contribution in [0.25, 0.3) is 0 Å². The van der Waals surface area contributed by atoms with E-state index in [9.17, 15) is 0 Å². The lowest BCUT2D eigenvalue weighted by Gasteiger charge is -2.13. The van der Waals surface area contributed by atoms with Crippen molar-refractivity contribution >= 4 is 12.3 Å². The molecule has 5 heteroatoms. The van der Waals surface area contributed by atoms with Crippen LogP contribution < -0.4 is 4.74 Å². The van der Waals surface area contributed by atoms with Gasteiger partial charge in [-0.15, -0.1) is 0 Å². The van der Waals surface area contributed by atoms with Gasteiger partial charge in [-0.25, -0.2) is 0 Å². The molecule has 1 atom stereocenters. The van der Waals surface area contributed by atoms with Crippen LogP contribution in [0.5, 0.6) is 5.75 Å². The van der Waals surface area contributed by atoms with Gasteiger partial charge in [-0.2, -0.15) is 0 Å². The number of rotatable bonds is 9. The van der Waals surface area contributed by atoms with Crippen molar-refractivity contribution in [1.82, 2.24) is 0 Å². The van der Waals surface area contributed by atoms with E-state index in [1.54, 1.807) is 0 Å². The monoisotopic (exact) mass is 364 g/mol. The summed E-state index contributed by atoms with van der Waals surface area (Å²) < 4.78 is 23.8. The lowest BCUT2D eigenvalue weighted by Crippen LogP contribution is -2.19. The Morgan fingerprint density at radius 2 is 1.48 bits per heavy atom. The molecule has 1 unspecified atom stereocenters. The molecule has 0 aromatic heterocycles. The highest BCUT2D eigenvalue weighted by Crippen LogP contribution is 2.11. The second-order valence-corrected chi connectivity index (χ2v) is 6.15. The molecular formula is C20H28O4S. The summed E-state index contributed by atoms with van der Waals surface area (Å²) in [6.45, 7) is 7.62. The van der Waals surface area contributed by atoms with E-state index in [1.807, 2.05) is 43.3 Å². The normalized spacial score (nSPS) is 11.6. The summed E-state index contributed by atoms with van der Waals surface area (Å²) in [7, 11) is 0. The van der Waals surface area contributed by atoms with E-state index >= 15 is 0 Å². The van der Waals surface area contributed by atoms with Crippen molar-refractivity contribution in [2.75, 3.05) is 19.8 Å². The molecule has 0 aliphatic rings. The fourth-order valence-electron chi connectivity index (χ4n) is 1.94. The molecule has 138 valence electrons. The molecule has 0 spiro atoms. The van der Waals surface area contributed by atoms with E-state index in [2.05, 4.69) is 42.3 Å². The lowest BCUT2D eigenvalue weighted by atomic mass is 10.0. The highest BCUT2D eigenvalue weighted by Gasteiger charge is 2.03. The Kier molecular flexibility index (Phi) is 11.8. The number of hydrogen-bond acceptors (Lipinski definition) is 5. The molecule has 2 aromatic rings. The first kappa shape index (κ1) is 21.5. The minimum Gasteiger partial charge on any atom is -0.491 e. The van der Waals surface area contributed by atoms with Crippen molar-refractivity contribution in [3.05, 3.63) is 66.2 Å². The van der Waals surface area contributed by atoms with E-state index in [1.165, 1.54) is 5.56 Å². The summed E-state index contributed by atoms with van der Waals surface area (Å²) in [5.74, 6) is 1.49. The van der Waals surface area contributed by atoms with Gasteiger partial charge in [-0.05, 0) is 30.5 Å². The highest BCUT2D eigenvalue weighted by atomic mass is 32.2. The predicted molar refractivity (Wildman–Crippen MR) is 104 cm³/mol. The van der Waals surface area contributed by atoms with Crippen LogP contribution >= 0.6 is 12.3 Å². The van der Waals surface area contributed by atoms with Gasteiger partial charge in [0.25, 0.3) is 0 Å². The summed E-state index contributed by atoms with van der Waals surface area (Å²) in [6.07, 6.45) is -0.00695. The summed E-state index contributed by atoms with van der Waals surface area (Å²) >= 11 is 0.352. The zero-order chi connectivity index (χ0) is 18.3. The first-order valence-corrected chi connectivity index (χ1v) is 9.10. The third-order valence-electron chi connectivity index (χ3n) is 3.32. The van der Waals surface area contributed by atoms with Crippen molar-refractivity contribution in [1.29, 1.82) is 0 Å². The minimum absolute atomic E-state index is 0.00695. The van der Waals surface area contributed by atoms with E-state index in [0.717, 1.165) is 5.75 Å². The Hall–Kier alpha value is -1.53. The number of benzene rings is 2. The van der Waals surface area contributed by atoms with Crippen LogP contribution in [0.2, 0.25) is 0 Å². The topological polar surface area (TPSA) is 47.9 Å². The number of hydrogen-bond donors (Lipinski definition) is 1. The number of para-hydroxylation sites is 1. The van der Waals surface area contributed by atoms with E-state index in [-0.39, 0.29) is 6.10 Å². The van der Waals surface area contributed by atoms with Crippen LogP contribution in [-0.4, -0.2) is 30.5 Å². The van der Waals surface area contributed by atoms with Gasteiger partial charge >= 0.3 is 0 Å². The zero-order valence-electron chi connectivity index (χ0n) is 15.1. The molecule has 0 saturated heterocycles. The van der Waals surface area contributed by atoms with Gasteiger partial charge in [0.15, 0.2) is 12.3 Å². The van der Waals surface area contributed by atoms with Crippen molar-refractivity contribution in [2.45, 2.75) is 32.8 Å². The van der Waals surface area contributed by atoms with Crippen LogP contribution in [0, 0.1) is 0 Å². The van der Waals surface area contributed by atoms with Crippen LogP contribution in [-0.2, 0) is 8.92 Å². The molecule has 0 radical (unpaired) electrons. The molecule has 2 rings (SSSR count). The zero-order valence-corrected chi connectivity index (χ0v) is 15.9. The Bertz CT molecular complexity index is 534. The van der Waals surface area contributed by atoms with Gasteiger partial charge in [-0.3, -0.25) is 4.18 Å². The standard InChI is InChI=1S/C11H16O4S.C9H12/c1-10(13-7-8-15-16-12)9-14-11-5-3-2-4-6-11;1-8(2)9-6-4-3-5-7-9/h2-6,10,12H,7-9H2,1H3;3-8H,1-2H3. The minimum atomic E-state index is -0.00695. The Balaban J connectivity index is 0.000000293. The van der Waals surface area contributed by atoms with Gasteiger partial charge in [0, 0.05) is 0 Å². The van der Waals surface area contributed by atoms with Crippen LogP contribution in [0.15, 0.2) is 60.7 Å². The summed E-state index contributed by atoms with van der Waals surface area (Å²) in [6, 6.07) is 20.1. The van der Waals surface area contributed by atoms with Crippen LogP contribution in [0.3, 0.4) is 0 Å². The maximum Gasteiger partial charge on any atom is 0.155 e. The molecule has 0 bridgehead atoms. The average Bonchev–Trinajstić information content (AvgIpc) is 2.66. The fraction of sp³-hybridized carbons (Fsp3) is 0.400. The van der Waals surface area contributed by atoms with Crippen LogP contribution in [0.1, 0.15) is 32.3 Å². The van der Waals surface area contributed by atoms with Gasteiger partial charge in [0.05, 0.1) is 19.3 Å². The van der Waals surface area contributed by atoms with E-state index in [4.69, 9.17) is 14.0 Å². The van der Waals surface area contributed by atoms with Gasteiger partial charge in [0.2, 0.25) is 0 Å². The second kappa shape index (κ2) is 13.7. The van der Waals surface area contributed by atoms with Gasteiger partial charge in [-0.1, -0.05) is 62.4 Å². The molecule has 1 N–H and O–H groups in total. The first-order chi connectivity index (χ1) is 12.1. The summed E-state index contributed by atoms with van der Waals surface area (Å²) in [5.41, 5.74) is 1.41. The van der Waals surface area contributed by atoms with E-state index < -0.39 is 0 Å². The summed E-state index contributed by atoms with van der Waals surface area (Å²) in [5, 5.41) is 0.